The lowest BCUT2D eigenvalue weighted by molar-refractivity contribution is -0.122. The fraction of sp³-hybridized carbons (Fsp3) is 0.300. The first-order chi connectivity index (χ1) is 6.59. The minimum Gasteiger partial charge on any atom is -0.351 e. The van der Waals surface area contributed by atoms with E-state index in [0.717, 1.165) is 10.0 Å². The first-order valence-electron chi connectivity index (χ1n) is 4.37. The third-order valence-electron chi connectivity index (χ3n) is 1.77. The van der Waals surface area contributed by atoms with Gasteiger partial charge in [-0.05, 0) is 24.6 Å². The Morgan fingerprint density at radius 3 is 2.80 bits per heavy atom. The van der Waals surface area contributed by atoms with E-state index in [0.29, 0.717) is 6.54 Å². The van der Waals surface area contributed by atoms with Crippen molar-refractivity contribution in [3.63, 3.8) is 0 Å². The second-order valence-electron chi connectivity index (χ2n) is 3.14. The first kappa shape index (κ1) is 14.4. The highest BCUT2D eigenvalue weighted by atomic mass is 79.9. The molecule has 0 aliphatic rings. The van der Waals surface area contributed by atoms with Crippen LogP contribution in [0, 0.1) is 0 Å². The molecule has 1 rings (SSSR count). The Morgan fingerprint density at radius 2 is 2.27 bits per heavy atom. The first-order valence-corrected chi connectivity index (χ1v) is 5.16. The molecule has 84 valence electrons. The van der Waals surface area contributed by atoms with Gasteiger partial charge in [-0.3, -0.25) is 4.79 Å². The van der Waals surface area contributed by atoms with Gasteiger partial charge in [0.2, 0.25) is 5.91 Å². The molecule has 1 aromatic rings. The van der Waals surface area contributed by atoms with E-state index in [9.17, 15) is 4.79 Å². The molecule has 0 aromatic heterocycles. The van der Waals surface area contributed by atoms with E-state index in [4.69, 9.17) is 5.73 Å². The number of carbonyl (C=O) groups excluding carboxylic acids is 1. The lowest BCUT2D eigenvalue weighted by atomic mass is 10.2. The van der Waals surface area contributed by atoms with Crippen molar-refractivity contribution in [3.05, 3.63) is 34.3 Å². The number of hydrogen-bond donors (Lipinski definition) is 2. The topological polar surface area (TPSA) is 55.1 Å². The number of halogens is 2. The summed E-state index contributed by atoms with van der Waals surface area (Å²) in [5.74, 6) is -0.134. The molecule has 0 bridgehead atoms. The monoisotopic (exact) mass is 292 g/mol. The maximum atomic E-state index is 11.2. The van der Waals surface area contributed by atoms with Crippen LogP contribution in [-0.2, 0) is 11.3 Å². The summed E-state index contributed by atoms with van der Waals surface area (Å²) in [7, 11) is 0. The SMILES string of the molecule is C[C@H](N)C(=O)NCc1cccc(Br)c1.Cl. The summed E-state index contributed by atoms with van der Waals surface area (Å²) in [6.07, 6.45) is 0. The molecule has 0 unspecified atom stereocenters. The van der Waals surface area contributed by atoms with Gasteiger partial charge in [0, 0.05) is 11.0 Å². The number of amides is 1. The predicted octanol–water partition coefficient (Wildman–Crippen LogP) is 1.83. The van der Waals surface area contributed by atoms with Crippen molar-refractivity contribution in [2.75, 3.05) is 0 Å². The number of carbonyl (C=O) groups is 1. The zero-order valence-electron chi connectivity index (χ0n) is 8.37. The van der Waals surface area contributed by atoms with Gasteiger partial charge < -0.3 is 11.1 Å². The number of nitrogens with one attached hydrogen (secondary N) is 1. The van der Waals surface area contributed by atoms with E-state index in [2.05, 4.69) is 21.2 Å². The standard InChI is InChI=1S/C10H13BrN2O.ClH/c1-7(12)10(14)13-6-8-3-2-4-9(11)5-8;/h2-5,7H,6,12H2,1H3,(H,13,14);1H/t7-;/m0./s1. The Balaban J connectivity index is 0.00000196. The van der Waals surface area contributed by atoms with E-state index >= 15 is 0 Å². The van der Waals surface area contributed by atoms with Crippen LogP contribution in [0.25, 0.3) is 0 Å². The third-order valence-corrected chi connectivity index (χ3v) is 2.26. The van der Waals surface area contributed by atoms with E-state index < -0.39 is 6.04 Å². The molecule has 0 fully saturated rings. The lowest BCUT2D eigenvalue weighted by Crippen LogP contribution is -2.37. The fourth-order valence-electron chi connectivity index (χ4n) is 0.997. The second-order valence-corrected chi connectivity index (χ2v) is 4.05. The molecule has 0 heterocycles. The predicted molar refractivity (Wildman–Crippen MR) is 66.9 cm³/mol. The van der Waals surface area contributed by atoms with Gasteiger partial charge >= 0.3 is 0 Å². The van der Waals surface area contributed by atoms with Gasteiger partial charge in [0.15, 0.2) is 0 Å². The van der Waals surface area contributed by atoms with Crippen molar-refractivity contribution in [2.45, 2.75) is 19.5 Å². The molecule has 3 nitrogen and oxygen atoms in total. The van der Waals surface area contributed by atoms with Gasteiger partial charge in [-0.1, -0.05) is 28.1 Å². The van der Waals surface area contributed by atoms with E-state index in [-0.39, 0.29) is 18.3 Å². The maximum Gasteiger partial charge on any atom is 0.236 e. The number of rotatable bonds is 3. The molecule has 1 atom stereocenters. The average Bonchev–Trinajstić information content (AvgIpc) is 2.14. The van der Waals surface area contributed by atoms with Crippen LogP contribution in [0.1, 0.15) is 12.5 Å². The molecular weight excluding hydrogens is 279 g/mol. The molecule has 5 heteroatoms. The van der Waals surface area contributed by atoms with Crippen molar-refractivity contribution in [3.8, 4) is 0 Å². The van der Waals surface area contributed by atoms with E-state index in [1.54, 1.807) is 6.92 Å². The zero-order chi connectivity index (χ0) is 10.6. The number of benzene rings is 1. The Bertz CT molecular complexity index is 331. The molecular formula is C10H14BrClN2O. The van der Waals surface area contributed by atoms with Gasteiger partial charge in [0.25, 0.3) is 0 Å². The van der Waals surface area contributed by atoms with Crippen molar-refractivity contribution < 1.29 is 4.79 Å². The van der Waals surface area contributed by atoms with Crippen LogP contribution in [0.5, 0.6) is 0 Å². The number of nitrogens with two attached hydrogens (primary N) is 1. The quantitative estimate of drug-likeness (QED) is 0.893. The minimum absolute atomic E-state index is 0. The molecule has 0 saturated heterocycles. The van der Waals surface area contributed by atoms with Crippen molar-refractivity contribution in [2.24, 2.45) is 5.73 Å². The largest absolute Gasteiger partial charge is 0.351 e. The summed E-state index contributed by atoms with van der Waals surface area (Å²) in [5.41, 5.74) is 6.46. The Kier molecular flexibility index (Phi) is 6.56. The zero-order valence-corrected chi connectivity index (χ0v) is 10.8. The second kappa shape index (κ2) is 6.82. The molecule has 3 N–H and O–H groups in total. The normalized spacial score (nSPS) is 11.4. The van der Waals surface area contributed by atoms with Crippen molar-refractivity contribution >= 4 is 34.2 Å². The third kappa shape index (κ3) is 5.16. The van der Waals surface area contributed by atoms with Gasteiger partial charge in [-0.25, -0.2) is 0 Å². The van der Waals surface area contributed by atoms with Crippen LogP contribution >= 0.6 is 28.3 Å². The highest BCUT2D eigenvalue weighted by Crippen LogP contribution is 2.11. The summed E-state index contributed by atoms with van der Waals surface area (Å²) in [6, 6.07) is 7.32. The average molecular weight is 294 g/mol. The van der Waals surface area contributed by atoms with Crippen LogP contribution in [0.2, 0.25) is 0 Å². The van der Waals surface area contributed by atoms with Crippen LogP contribution in [0.15, 0.2) is 28.7 Å². The fourth-order valence-corrected chi connectivity index (χ4v) is 1.44. The van der Waals surface area contributed by atoms with Crippen LogP contribution < -0.4 is 11.1 Å². The van der Waals surface area contributed by atoms with Gasteiger partial charge in [0.1, 0.15) is 0 Å². The van der Waals surface area contributed by atoms with Gasteiger partial charge in [-0.2, -0.15) is 0 Å². The van der Waals surface area contributed by atoms with Gasteiger partial charge in [0.05, 0.1) is 6.04 Å². The minimum atomic E-state index is -0.456. The highest BCUT2D eigenvalue weighted by Gasteiger charge is 2.05. The summed E-state index contributed by atoms with van der Waals surface area (Å²) in [4.78, 5) is 11.2. The molecule has 15 heavy (non-hydrogen) atoms. The summed E-state index contributed by atoms with van der Waals surface area (Å²) in [6.45, 7) is 2.18. The molecule has 0 saturated carbocycles. The van der Waals surface area contributed by atoms with E-state index in [1.165, 1.54) is 0 Å². The number of hydrogen-bond acceptors (Lipinski definition) is 2. The molecule has 0 aliphatic carbocycles. The summed E-state index contributed by atoms with van der Waals surface area (Å²) in [5, 5.41) is 2.74. The smallest absolute Gasteiger partial charge is 0.236 e. The van der Waals surface area contributed by atoms with Crippen molar-refractivity contribution in [1.29, 1.82) is 0 Å². The Labute approximate surface area is 104 Å². The molecule has 0 spiro atoms. The summed E-state index contributed by atoms with van der Waals surface area (Å²) >= 11 is 3.36. The van der Waals surface area contributed by atoms with Gasteiger partial charge in [-0.15, -0.1) is 12.4 Å². The summed E-state index contributed by atoms with van der Waals surface area (Å²) < 4.78 is 1.00. The highest BCUT2D eigenvalue weighted by molar-refractivity contribution is 9.10. The van der Waals surface area contributed by atoms with Crippen LogP contribution in [0.4, 0.5) is 0 Å². The maximum absolute atomic E-state index is 11.2. The van der Waals surface area contributed by atoms with Crippen LogP contribution in [0.3, 0.4) is 0 Å². The Hall–Kier alpha value is -0.580. The molecule has 0 radical (unpaired) electrons. The molecule has 1 amide bonds. The lowest BCUT2D eigenvalue weighted by Gasteiger charge is -2.07. The van der Waals surface area contributed by atoms with E-state index in [1.807, 2.05) is 24.3 Å². The Morgan fingerprint density at radius 1 is 1.60 bits per heavy atom. The van der Waals surface area contributed by atoms with Crippen LogP contribution in [-0.4, -0.2) is 11.9 Å². The van der Waals surface area contributed by atoms with Crippen molar-refractivity contribution in [1.82, 2.24) is 5.32 Å². The molecule has 1 aromatic carbocycles. The molecule has 0 aliphatic heterocycles.